The predicted molar refractivity (Wildman–Crippen MR) is 73.1 cm³/mol. The number of carbonyl (C=O) groups is 2. The zero-order chi connectivity index (χ0) is 14.5. The summed E-state index contributed by atoms with van der Waals surface area (Å²) in [5.74, 6) is -1.12. The maximum absolute atomic E-state index is 12.4. The van der Waals surface area contributed by atoms with Gasteiger partial charge in [0, 0.05) is 13.1 Å². The number of rotatable bonds is 5. The lowest BCUT2D eigenvalue weighted by molar-refractivity contribution is -0.155. The van der Waals surface area contributed by atoms with Gasteiger partial charge in [-0.3, -0.25) is 4.79 Å². The molecule has 5 nitrogen and oxygen atoms in total. The third-order valence-electron chi connectivity index (χ3n) is 3.48. The van der Waals surface area contributed by atoms with Crippen molar-refractivity contribution in [2.75, 3.05) is 6.54 Å². The van der Waals surface area contributed by atoms with E-state index in [-0.39, 0.29) is 5.91 Å². The number of carboxylic acid groups (broad SMARTS) is 1. The third kappa shape index (κ3) is 3.36. The maximum Gasteiger partial charge on any atom is 0.332 e. The van der Waals surface area contributed by atoms with E-state index in [0.29, 0.717) is 25.9 Å². The Morgan fingerprint density at radius 2 is 1.90 bits per heavy atom. The summed E-state index contributed by atoms with van der Waals surface area (Å²) in [5, 5.41) is 8.89. The Balaban J connectivity index is 1.98. The second-order valence-electron chi connectivity index (χ2n) is 4.87. The molecule has 1 aromatic rings. The van der Waals surface area contributed by atoms with E-state index in [1.807, 2.05) is 37.3 Å². The van der Waals surface area contributed by atoms with Crippen LogP contribution in [-0.2, 0) is 20.9 Å². The van der Waals surface area contributed by atoms with Crippen molar-refractivity contribution in [3.63, 3.8) is 0 Å². The Morgan fingerprint density at radius 1 is 1.25 bits per heavy atom. The van der Waals surface area contributed by atoms with E-state index in [1.165, 1.54) is 0 Å². The summed E-state index contributed by atoms with van der Waals surface area (Å²) >= 11 is 0. The topological polar surface area (TPSA) is 66.8 Å². The fourth-order valence-electron chi connectivity index (χ4n) is 2.35. The second-order valence-corrected chi connectivity index (χ2v) is 4.87. The molecule has 0 saturated carbocycles. The molecule has 1 aromatic carbocycles. The van der Waals surface area contributed by atoms with Crippen LogP contribution in [0.4, 0.5) is 0 Å². The van der Waals surface area contributed by atoms with Crippen LogP contribution in [0.25, 0.3) is 0 Å². The lowest BCUT2D eigenvalue weighted by Gasteiger charge is -2.24. The van der Waals surface area contributed by atoms with Gasteiger partial charge in [0.15, 0.2) is 6.10 Å². The quantitative estimate of drug-likeness (QED) is 0.889. The van der Waals surface area contributed by atoms with Crippen LogP contribution in [0, 0.1) is 0 Å². The Hall–Kier alpha value is -1.88. The van der Waals surface area contributed by atoms with Gasteiger partial charge in [-0.15, -0.1) is 0 Å². The molecule has 5 heteroatoms. The van der Waals surface area contributed by atoms with Gasteiger partial charge < -0.3 is 14.7 Å². The lowest BCUT2D eigenvalue weighted by atomic mass is 10.1. The maximum atomic E-state index is 12.4. The zero-order valence-electron chi connectivity index (χ0n) is 11.5. The zero-order valence-corrected chi connectivity index (χ0v) is 11.5. The van der Waals surface area contributed by atoms with Crippen molar-refractivity contribution in [1.29, 1.82) is 0 Å². The molecule has 1 fully saturated rings. The molecular formula is C15H19NO4. The Labute approximate surface area is 118 Å². The molecule has 0 radical (unpaired) electrons. The van der Waals surface area contributed by atoms with E-state index in [4.69, 9.17) is 9.84 Å². The van der Waals surface area contributed by atoms with Crippen molar-refractivity contribution in [2.45, 2.75) is 38.5 Å². The van der Waals surface area contributed by atoms with Gasteiger partial charge in [-0.05, 0) is 25.3 Å². The first-order chi connectivity index (χ1) is 9.61. The average Bonchev–Trinajstić information content (AvgIpc) is 2.95. The highest BCUT2D eigenvalue weighted by Crippen LogP contribution is 2.22. The highest BCUT2D eigenvalue weighted by molar-refractivity contribution is 5.82. The highest BCUT2D eigenvalue weighted by Gasteiger charge is 2.36. The molecule has 2 atom stereocenters. The molecule has 1 N–H and O–H groups in total. The van der Waals surface area contributed by atoms with Gasteiger partial charge in [-0.1, -0.05) is 30.3 Å². The molecule has 1 aliphatic heterocycles. The Morgan fingerprint density at radius 3 is 2.45 bits per heavy atom. The molecule has 0 aromatic heterocycles. The number of aliphatic carboxylic acids is 1. The van der Waals surface area contributed by atoms with Crippen molar-refractivity contribution in [2.24, 2.45) is 0 Å². The minimum Gasteiger partial charge on any atom is -0.479 e. The number of hydrogen-bond donors (Lipinski definition) is 1. The van der Waals surface area contributed by atoms with Crippen LogP contribution in [0.3, 0.4) is 0 Å². The predicted octanol–water partition coefficient (Wildman–Crippen LogP) is 1.67. The Kier molecular flexibility index (Phi) is 4.74. The van der Waals surface area contributed by atoms with Crippen molar-refractivity contribution >= 4 is 11.9 Å². The summed E-state index contributed by atoms with van der Waals surface area (Å²) in [6.07, 6.45) is -0.602. The fourth-order valence-corrected chi connectivity index (χ4v) is 2.35. The third-order valence-corrected chi connectivity index (χ3v) is 3.48. The lowest BCUT2D eigenvalue weighted by Crippen LogP contribution is -2.39. The van der Waals surface area contributed by atoms with Gasteiger partial charge in [0.25, 0.3) is 5.91 Å². The normalized spacial score (nSPS) is 21.6. The molecule has 0 aliphatic carbocycles. The minimum atomic E-state index is -0.994. The number of benzene rings is 1. The van der Waals surface area contributed by atoms with Crippen molar-refractivity contribution in [3.8, 4) is 0 Å². The molecule has 108 valence electrons. The van der Waals surface area contributed by atoms with Gasteiger partial charge in [0.2, 0.25) is 0 Å². The number of hydrogen-bond acceptors (Lipinski definition) is 3. The molecule has 1 heterocycles. The summed E-state index contributed by atoms with van der Waals surface area (Å²) < 4.78 is 5.31. The van der Waals surface area contributed by atoms with E-state index < -0.39 is 18.2 Å². The van der Waals surface area contributed by atoms with Crippen LogP contribution in [0.1, 0.15) is 25.3 Å². The molecule has 20 heavy (non-hydrogen) atoms. The fraction of sp³-hybridized carbons (Fsp3) is 0.467. The van der Waals surface area contributed by atoms with Crippen LogP contribution < -0.4 is 0 Å². The van der Waals surface area contributed by atoms with Crippen LogP contribution in [-0.4, -0.2) is 40.6 Å². The number of ether oxygens (including phenoxy) is 1. The van der Waals surface area contributed by atoms with Gasteiger partial charge in [-0.2, -0.15) is 0 Å². The molecule has 1 amide bonds. The molecule has 1 saturated heterocycles. The first kappa shape index (κ1) is 14.5. The number of amides is 1. The van der Waals surface area contributed by atoms with E-state index in [2.05, 4.69) is 0 Å². The number of likely N-dealkylation sites (N-methyl/N-ethyl adjacent to an activating group) is 1. The summed E-state index contributed by atoms with van der Waals surface area (Å²) in [6, 6.07) is 9.72. The van der Waals surface area contributed by atoms with E-state index >= 15 is 0 Å². The van der Waals surface area contributed by atoms with Crippen molar-refractivity contribution in [3.05, 3.63) is 35.9 Å². The largest absolute Gasteiger partial charge is 0.479 e. The molecule has 1 aliphatic rings. The molecule has 2 rings (SSSR count). The first-order valence-electron chi connectivity index (χ1n) is 6.82. The molecule has 0 bridgehead atoms. The van der Waals surface area contributed by atoms with Gasteiger partial charge in [0.1, 0.15) is 6.10 Å². The van der Waals surface area contributed by atoms with Gasteiger partial charge in [0.05, 0.1) is 0 Å². The average molecular weight is 277 g/mol. The van der Waals surface area contributed by atoms with Crippen LogP contribution >= 0.6 is 0 Å². The summed E-state index contributed by atoms with van der Waals surface area (Å²) in [5.41, 5.74) is 1.05. The van der Waals surface area contributed by atoms with Crippen molar-refractivity contribution < 1.29 is 19.4 Å². The van der Waals surface area contributed by atoms with E-state index in [9.17, 15) is 9.59 Å². The van der Waals surface area contributed by atoms with Crippen molar-refractivity contribution in [1.82, 2.24) is 4.90 Å². The minimum absolute atomic E-state index is 0.125. The van der Waals surface area contributed by atoms with E-state index in [0.717, 1.165) is 5.56 Å². The first-order valence-corrected chi connectivity index (χ1v) is 6.82. The smallest absolute Gasteiger partial charge is 0.332 e. The second kappa shape index (κ2) is 6.52. The van der Waals surface area contributed by atoms with Crippen LogP contribution in [0.2, 0.25) is 0 Å². The summed E-state index contributed by atoms with van der Waals surface area (Å²) in [7, 11) is 0. The summed E-state index contributed by atoms with van der Waals surface area (Å²) in [4.78, 5) is 24.9. The van der Waals surface area contributed by atoms with E-state index in [1.54, 1.807) is 4.90 Å². The number of nitrogens with zero attached hydrogens (tertiary/aromatic N) is 1. The number of carboxylic acids is 1. The van der Waals surface area contributed by atoms with Crippen LogP contribution in [0.5, 0.6) is 0 Å². The van der Waals surface area contributed by atoms with Gasteiger partial charge >= 0.3 is 5.97 Å². The summed E-state index contributed by atoms with van der Waals surface area (Å²) in [6.45, 7) is 3.00. The highest BCUT2D eigenvalue weighted by atomic mass is 16.5. The standard InChI is InChI=1S/C15H19NO4/c1-2-16(10-11-6-4-3-5-7-11)14(17)12-8-9-13(20-12)15(18)19/h3-7,12-13H,2,8-10H2,1H3,(H,18,19). The molecular weight excluding hydrogens is 258 g/mol. The van der Waals surface area contributed by atoms with Crippen LogP contribution in [0.15, 0.2) is 30.3 Å². The SMILES string of the molecule is CCN(Cc1ccccc1)C(=O)C1CCC(C(=O)O)O1. The molecule has 2 unspecified atom stereocenters. The Bertz CT molecular complexity index is 474. The monoisotopic (exact) mass is 277 g/mol. The molecule has 0 spiro atoms. The number of carbonyl (C=O) groups excluding carboxylic acids is 1. The van der Waals surface area contributed by atoms with Gasteiger partial charge in [-0.25, -0.2) is 4.79 Å².